The lowest BCUT2D eigenvalue weighted by atomic mass is 10.4. The molecule has 0 saturated carbocycles. The second kappa shape index (κ2) is 5.45. The fraction of sp³-hybridized carbons (Fsp3) is 0.400. The molecule has 1 N–H and O–H groups in total. The third-order valence-corrected chi connectivity index (χ3v) is 3.48. The number of nitrogens with zero attached hydrogens (tertiary/aromatic N) is 5. The quantitative estimate of drug-likeness (QED) is 0.926. The number of thiazole rings is 1. The molecule has 18 heavy (non-hydrogen) atoms. The predicted octanol–water partition coefficient (Wildman–Crippen LogP) is 1.97. The van der Waals surface area contributed by atoms with Crippen molar-refractivity contribution in [1.29, 1.82) is 0 Å². The maximum absolute atomic E-state index is 5.85. The third-order valence-electron chi connectivity index (χ3n) is 2.39. The molecule has 0 saturated heterocycles. The highest BCUT2D eigenvalue weighted by molar-refractivity contribution is 7.09. The largest absolute Gasteiger partial charge is 0.357 e. The molecule has 0 aromatic carbocycles. The lowest BCUT2D eigenvalue weighted by Crippen LogP contribution is -2.20. The Kier molecular flexibility index (Phi) is 3.93. The van der Waals surface area contributed by atoms with Gasteiger partial charge in [-0.15, -0.1) is 11.3 Å². The summed E-state index contributed by atoms with van der Waals surface area (Å²) in [5.74, 6) is 0.991. The van der Waals surface area contributed by atoms with Crippen LogP contribution in [0.1, 0.15) is 10.6 Å². The number of hydrogen-bond donors (Lipinski definition) is 1. The topological polar surface area (TPSA) is 66.8 Å². The molecule has 0 aliphatic carbocycles. The van der Waals surface area contributed by atoms with E-state index in [4.69, 9.17) is 11.6 Å². The van der Waals surface area contributed by atoms with Crippen LogP contribution in [0.25, 0.3) is 0 Å². The number of anilines is 2. The zero-order valence-corrected chi connectivity index (χ0v) is 11.9. The van der Waals surface area contributed by atoms with Gasteiger partial charge >= 0.3 is 0 Å². The molecule has 0 bridgehead atoms. The molecular formula is C10H13ClN6S. The Bertz CT molecular complexity index is 543. The summed E-state index contributed by atoms with van der Waals surface area (Å²) in [7, 11) is 3.65. The van der Waals surface area contributed by atoms with E-state index in [2.05, 4.69) is 25.3 Å². The van der Waals surface area contributed by atoms with Crippen molar-refractivity contribution in [1.82, 2.24) is 19.9 Å². The van der Waals surface area contributed by atoms with Crippen LogP contribution in [0.5, 0.6) is 0 Å². The number of halogens is 1. The summed E-state index contributed by atoms with van der Waals surface area (Å²) < 4.78 is 0. The van der Waals surface area contributed by atoms with Crippen molar-refractivity contribution in [2.75, 3.05) is 24.3 Å². The van der Waals surface area contributed by atoms with E-state index >= 15 is 0 Å². The molecule has 0 unspecified atom stereocenters. The molecule has 6 nitrogen and oxygen atoms in total. The zero-order valence-electron chi connectivity index (χ0n) is 10.3. The van der Waals surface area contributed by atoms with Crippen LogP contribution in [-0.4, -0.2) is 34.0 Å². The van der Waals surface area contributed by atoms with Crippen LogP contribution in [-0.2, 0) is 6.54 Å². The average Bonchev–Trinajstić information content (AvgIpc) is 2.74. The lowest BCUT2D eigenvalue weighted by molar-refractivity contribution is 0.857. The van der Waals surface area contributed by atoms with E-state index in [1.54, 1.807) is 18.4 Å². The molecule has 0 fully saturated rings. The Hall–Kier alpha value is -1.47. The highest BCUT2D eigenvalue weighted by Crippen LogP contribution is 2.18. The van der Waals surface area contributed by atoms with Gasteiger partial charge in [0, 0.05) is 19.0 Å². The highest BCUT2D eigenvalue weighted by atomic mass is 35.5. The van der Waals surface area contributed by atoms with E-state index in [1.165, 1.54) is 4.88 Å². The van der Waals surface area contributed by atoms with Crippen molar-refractivity contribution < 1.29 is 0 Å². The second-order valence-electron chi connectivity index (χ2n) is 3.70. The first-order valence-electron chi connectivity index (χ1n) is 5.29. The lowest BCUT2D eigenvalue weighted by Gasteiger charge is -2.16. The van der Waals surface area contributed by atoms with Crippen molar-refractivity contribution in [2.45, 2.75) is 13.5 Å². The summed E-state index contributed by atoms with van der Waals surface area (Å²) >= 11 is 7.46. The van der Waals surface area contributed by atoms with Gasteiger partial charge in [0.05, 0.1) is 17.7 Å². The van der Waals surface area contributed by atoms with Crippen LogP contribution in [0, 0.1) is 6.92 Å². The normalized spacial score (nSPS) is 10.4. The Morgan fingerprint density at radius 1 is 1.39 bits per heavy atom. The fourth-order valence-corrected chi connectivity index (χ4v) is 2.37. The average molecular weight is 285 g/mol. The van der Waals surface area contributed by atoms with E-state index in [0.717, 1.165) is 5.69 Å². The molecule has 2 aromatic rings. The molecule has 2 heterocycles. The van der Waals surface area contributed by atoms with Crippen molar-refractivity contribution in [3.8, 4) is 0 Å². The van der Waals surface area contributed by atoms with E-state index in [0.29, 0.717) is 18.4 Å². The SMILES string of the molecule is CNc1nc(Cl)nc(N(C)Cc2scnc2C)n1. The first kappa shape index (κ1) is 13.0. The first-order chi connectivity index (χ1) is 8.60. The molecule has 8 heteroatoms. The molecule has 96 valence electrons. The van der Waals surface area contributed by atoms with Gasteiger partial charge in [-0.05, 0) is 18.5 Å². The van der Waals surface area contributed by atoms with Gasteiger partial charge in [0.2, 0.25) is 17.2 Å². The summed E-state index contributed by atoms with van der Waals surface area (Å²) in [6.07, 6.45) is 0. The van der Waals surface area contributed by atoms with E-state index in [9.17, 15) is 0 Å². The number of aryl methyl sites for hydroxylation is 1. The molecule has 2 aromatic heterocycles. The summed E-state index contributed by atoms with van der Waals surface area (Å²) in [4.78, 5) is 19.6. The molecule has 0 aliphatic rings. The van der Waals surface area contributed by atoms with Crippen molar-refractivity contribution in [2.24, 2.45) is 0 Å². The second-order valence-corrected chi connectivity index (χ2v) is 4.97. The highest BCUT2D eigenvalue weighted by Gasteiger charge is 2.11. The Labute approximate surface area is 114 Å². The standard InChI is InChI=1S/C10H13ClN6S/c1-6-7(18-5-13-6)4-17(3)10-15-8(11)14-9(12-2)16-10/h5H,4H2,1-3H3,(H,12,14,15,16). The van der Waals surface area contributed by atoms with Crippen LogP contribution >= 0.6 is 22.9 Å². The summed E-state index contributed by atoms with van der Waals surface area (Å²) in [6.45, 7) is 2.68. The Balaban J connectivity index is 2.20. The summed E-state index contributed by atoms with van der Waals surface area (Å²) in [5.41, 5.74) is 2.86. The van der Waals surface area contributed by atoms with Gasteiger partial charge in [-0.3, -0.25) is 0 Å². The predicted molar refractivity (Wildman–Crippen MR) is 73.3 cm³/mol. The molecule has 0 amide bonds. The van der Waals surface area contributed by atoms with Gasteiger partial charge in [0.25, 0.3) is 0 Å². The van der Waals surface area contributed by atoms with Crippen molar-refractivity contribution >= 4 is 34.8 Å². The zero-order chi connectivity index (χ0) is 13.1. The minimum absolute atomic E-state index is 0.178. The van der Waals surface area contributed by atoms with Gasteiger partial charge < -0.3 is 10.2 Å². The molecule has 0 aliphatic heterocycles. The van der Waals surface area contributed by atoms with Crippen LogP contribution in [0.3, 0.4) is 0 Å². The fourth-order valence-electron chi connectivity index (χ4n) is 1.39. The number of aromatic nitrogens is 4. The maximum atomic E-state index is 5.85. The van der Waals surface area contributed by atoms with Gasteiger partial charge in [-0.25, -0.2) is 4.98 Å². The molecule has 0 spiro atoms. The first-order valence-corrected chi connectivity index (χ1v) is 6.55. The minimum atomic E-state index is 0.178. The van der Waals surface area contributed by atoms with E-state index < -0.39 is 0 Å². The van der Waals surface area contributed by atoms with Crippen LogP contribution in [0.2, 0.25) is 5.28 Å². The Morgan fingerprint density at radius 3 is 2.78 bits per heavy atom. The molecular weight excluding hydrogens is 272 g/mol. The van der Waals surface area contributed by atoms with Gasteiger partial charge in [-0.1, -0.05) is 0 Å². The summed E-state index contributed by atoms with van der Waals surface area (Å²) in [6, 6.07) is 0. The minimum Gasteiger partial charge on any atom is -0.357 e. The van der Waals surface area contributed by atoms with Crippen LogP contribution in [0.15, 0.2) is 5.51 Å². The third kappa shape index (κ3) is 2.85. The molecule has 2 rings (SSSR count). The van der Waals surface area contributed by atoms with Crippen molar-refractivity contribution in [3.05, 3.63) is 21.4 Å². The van der Waals surface area contributed by atoms with E-state index in [-0.39, 0.29) is 5.28 Å². The number of rotatable bonds is 4. The van der Waals surface area contributed by atoms with Crippen LogP contribution < -0.4 is 10.2 Å². The monoisotopic (exact) mass is 284 g/mol. The molecule has 0 atom stereocenters. The number of nitrogens with one attached hydrogen (secondary N) is 1. The van der Waals surface area contributed by atoms with Gasteiger partial charge in [0.15, 0.2) is 0 Å². The van der Waals surface area contributed by atoms with Gasteiger partial charge in [-0.2, -0.15) is 15.0 Å². The van der Waals surface area contributed by atoms with Crippen molar-refractivity contribution in [3.63, 3.8) is 0 Å². The molecule has 0 radical (unpaired) electrons. The van der Waals surface area contributed by atoms with E-state index in [1.807, 2.05) is 24.4 Å². The van der Waals surface area contributed by atoms with Crippen LogP contribution in [0.4, 0.5) is 11.9 Å². The number of hydrogen-bond acceptors (Lipinski definition) is 7. The van der Waals surface area contributed by atoms with Gasteiger partial charge in [0.1, 0.15) is 0 Å². The maximum Gasteiger partial charge on any atom is 0.231 e. The Morgan fingerprint density at radius 2 is 2.17 bits per heavy atom. The smallest absolute Gasteiger partial charge is 0.231 e. The summed E-state index contributed by atoms with van der Waals surface area (Å²) in [5, 5.41) is 3.03.